The molecule has 104 heavy (non-hydrogen) atoms. The molecular weight excluding hydrogens is 1290 g/mol. The molecule has 4 atom stereocenters. The van der Waals surface area contributed by atoms with Gasteiger partial charge in [0, 0.05) is 58.4 Å². The molecular formula is C90H87N9O5. The van der Waals surface area contributed by atoms with E-state index in [0.29, 0.717) is 37.3 Å². The highest BCUT2D eigenvalue weighted by Gasteiger charge is 2.34. The van der Waals surface area contributed by atoms with Crippen molar-refractivity contribution in [2.24, 2.45) is 17.8 Å². The number of ether oxygens (including phenoxy) is 1. The van der Waals surface area contributed by atoms with E-state index < -0.39 is 29.9 Å². The van der Waals surface area contributed by atoms with Crippen LogP contribution < -0.4 is 16.0 Å². The number of nitrogens with one attached hydrogen (secondary N) is 7. The Bertz CT molecular complexity index is 5210. The van der Waals surface area contributed by atoms with E-state index in [9.17, 15) is 19.2 Å². The van der Waals surface area contributed by atoms with Crippen molar-refractivity contribution in [3.8, 4) is 33.6 Å². The third kappa shape index (κ3) is 16.4. The zero-order chi connectivity index (χ0) is 71.1. The minimum atomic E-state index is -0.697. The molecule has 14 aromatic rings. The molecule has 1 fully saturated rings. The zero-order valence-corrected chi connectivity index (χ0v) is 58.8. The van der Waals surface area contributed by atoms with Gasteiger partial charge in [-0.2, -0.15) is 0 Å². The number of para-hydroxylation sites is 2. The maximum absolute atomic E-state index is 14.6. The van der Waals surface area contributed by atoms with Gasteiger partial charge in [-0.15, -0.1) is 0 Å². The fraction of sp³-hybridized carbons (Fsp3) is 0.222. The van der Waals surface area contributed by atoms with E-state index in [0.717, 1.165) is 120 Å². The number of hydrogen-bond donors (Lipinski definition) is 7. The van der Waals surface area contributed by atoms with Gasteiger partial charge < -0.3 is 40.6 Å². The fourth-order valence-corrected chi connectivity index (χ4v) is 14.8. The minimum absolute atomic E-state index is 0.00794. The number of hydrogen-bond acceptors (Lipinski definition) is 8. The van der Waals surface area contributed by atoms with Crippen LogP contribution in [0.3, 0.4) is 0 Å². The van der Waals surface area contributed by atoms with Crippen LogP contribution in [0.1, 0.15) is 109 Å². The lowest BCUT2D eigenvalue weighted by molar-refractivity contribution is -0.147. The maximum Gasteiger partial charge on any atom is 0.306 e. The van der Waals surface area contributed by atoms with Crippen molar-refractivity contribution in [2.75, 3.05) is 19.7 Å². The van der Waals surface area contributed by atoms with Gasteiger partial charge in [-0.25, -0.2) is 9.97 Å². The molecule has 0 spiro atoms. The fourth-order valence-electron chi connectivity index (χ4n) is 14.8. The van der Waals surface area contributed by atoms with Gasteiger partial charge in [-0.1, -0.05) is 251 Å². The largest absolute Gasteiger partial charge is 0.465 e. The van der Waals surface area contributed by atoms with Crippen LogP contribution in [0, 0.1) is 17.8 Å². The number of nitrogens with zero attached hydrogens (tertiary/aromatic N) is 2. The van der Waals surface area contributed by atoms with Crippen molar-refractivity contribution >= 4 is 66.9 Å². The van der Waals surface area contributed by atoms with Crippen molar-refractivity contribution in [3.63, 3.8) is 0 Å². The SMILES string of the molecule is CCC.O=C(C[C@H](Cc1c[nH]c2ccccc12)C(=O)N[C@H](Cc1ccc2ccccc2c1)c1ncc(-c2ccccc2)[nH]1)C1CCNCC1.O=C(C[C@H](Cc1c[nH]c2ccccc12)C(=O)N[C@H](Cc1ccc2ccccc2c1)c1ncc(-c2ccccc2)[nH]1)OCC1c2ccccc2-c2ccccc21. The predicted molar refractivity (Wildman–Crippen MR) is 417 cm³/mol. The molecule has 1 aliphatic heterocycles. The Morgan fingerprint density at radius 1 is 0.471 bits per heavy atom. The molecule has 0 saturated carbocycles. The summed E-state index contributed by atoms with van der Waals surface area (Å²) in [5, 5.41) is 16.8. The molecule has 10 aromatic carbocycles. The predicted octanol–water partition coefficient (Wildman–Crippen LogP) is 18.1. The molecule has 1 saturated heterocycles. The first-order chi connectivity index (χ1) is 51.1. The van der Waals surface area contributed by atoms with Gasteiger partial charge >= 0.3 is 5.97 Å². The van der Waals surface area contributed by atoms with Crippen LogP contribution >= 0.6 is 0 Å². The number of benzene rings is 10. The summed E-state index contributed by atoms with van der Waals surface area (Å²) in [7, 11) is 0. The Labute approximate surface area is 606 Å². The third-order valence-electron chi connectivity index (χ3n) is 20.2. The van der Waals surface area contributed by atoms with Crippen molar-refractivity contribution in [3.05, 3.63) is 312 Å². The highest BCUT2D eigenvalue weighted by atomic mass is 16.5. The first kappa shape index (κ1) is 69.4. The van der Waals surface area contributed by atoms with Crippen LogP contribution in [0.2, 0.25) is 0 Å². The second kappa shape index (κ2) is 32.9. The number of rotatable bonds is 23. The van der Waals surface area contributed by atoms with Crippen LogP contribution in [0.4, 0.5) is 0 Å². The Balaban J connectivity index is 0.000000172. The number of aromatic amines is 4. The van der Waals surface area contributed by atoms with Crippen molar-refractivity contribution < 1.29 is 23.9 Å². The summed E-state index contributed by atoms with van der Waals surface area (Å²) in [6.07, 6.45) is 12.5. The molecule has 14 heteroatoms. The van der Waals surface area contributed by atoms with Crippen LogP contribution in [0.15, 0.2) is 267 Å². The standard InChI is InChI=1S/C48H40N4O3.C39H39N5O2.C3H8/c53-46(55-30-42-40-19-8-6-17-38(40)39-18-7-9-20-41(39)42)27-35(26-36-28-49-43-21-11-10-16-37(36)43)48(54)52-44(25-31-22-23-32-12-4-5-15-34(32)24-31)47-50-29-45(51-47)33-13-2-1-3-14-33;45-37(29-16-18-40-19-17-29)23-31(22-32-24-41-34-13-7-6-12-33(32)34)39(46)44-35(21-26-14-15-27-8-4-5-11-30(27)20-26)38-42-25-36(43-38)28-9-2-1-3-10-28;1-3-2/h1-24,28-29,35,42,44,49H,25-27,30H2,(H,50,51)(H,52,54);1-15,20,24-25,29,31,35,40-41H,16-19,21-23H2,(H,42,43)(H,44,46);3H2,1-2H3/t35-,44+;31-,35+;/m00./s1. The Morgan fingerprint density at radius 2 is 0.894 bits per heavy atom. The number of ketones is 1. The Hall–Kier alpha value is -11.7. The maximum atomic E-state index is 14.6. The quantitative estimate of drug-likeness (QED) is 0.0306. The first-order valence-electron chi connectivity index (χ1n) is 36.5. The lowest BCUT2D eigenvalue weighted by atomic mass is 9.85. The number of imidazole rings is 2. The van der Waals surface area contributed by atoms with Crippen LogP contribution in [0.5, 0.6) is 0 Å². The van der Waals surface area contributed by atoms with Crippen molar-refractivity contribution in [1.82, 2.24) is 45.9 Å². The van der Waals surface area contributed by atoms with E-state index in [-0.39, 0.29) is 48.9 Å². The second-order valence-electron chi connectivity index (χ2n) is 27.5. The summed E-state index contributed by atoms with van der Waals surface area (Å²) >= 11 is 0. The lowest BCUT2D eigenvalue weighted by Gasteiger charge is -2.25. The molecule has 0 bridgehead atoms. The van der Waals surface area contributed by atoms with Gasteiger partial charge in [0.05, 0.1) is 48.2 Å². The molecule has 2 aliphatic rings. The summed E-state index contributed by atoms with van der Waals surface area (Å²) in [6, 6.07) is 81.2. The van der Waals surface area contributed by atoms with Crippen LogP contribution in [-0.4, -0.2) is 73.2 Å². The molecule has 4 aromatic heterocycles. The van der Waals surface area contributed by atoms with E-state index in [4.69, 9.17) is 14.7 Å². The van der Waals surface area contributed by atoms with E-state index in [1.165, 1.54) is 22.9 Å². The second-order valence-corrected chi connectivity index (χ2v) is 27.5. The Morgan fingerprint density at radius 3 is 1.38 bits per heavy atom. The molecule has 14 nitrogen and oxygen atoms in total. The molecule has 522 valence electrons. The van der Waals surface area contributed by atoms with E-state index in [1.54, 1.807) is 0 Å². The number of amides is 2. The van der Waals surface area contributed by atoms with Crippen molar-refractivity contribution in [1.29, 1.82) is 0 Å². The summed E-state index contributed by atoms with van der Waals surface area (Å²) in [5.74, 6) is -0.537. The van der Waals surface area contributed by atoms with E-state index >= 15 is 0 Å². The molecule has 7 N–H and O–H groups in total. The number of fused-ring (bicyclic) bond motifs is 7. The molecule has 1 aliphatic carbocycles. The number of aromatic nitrogens is 6. The zero-order valence-electron chi connectivity index (χ0n) is 58.8. The molecule has 0 radical (unpaired) electrons. The van der Waals surface area contributed by atoms with Crippen LogP contribution in [0.25, 0.3) is 77.0 Å². The van der Waals surface area contributed by atoms with Gasteiger partial charge in [0.2, 0.25) is 11.8 Å². The summed E-state index contributed by atoms with van der Waals surface area (Å²) in [5.41, 5.74) is 14.6. The normalized spacial score (nSPS) is 13.9. The van der Waals surface area contributed by atoms with Crippen LogP contribution in [-0.2, 0) is 49.6 Å². The smallest absolute Gasteiger partial charge is 0.306 e. The number of carbonyl (C=O) groups excluding carboxylic acids is 4. The first-order valence-corrected chi connectivity index (χ1v) is 36.5. The van der Waals surface area contributed by atoms with E-state index in [1.807, 2.05) is 176 Å². The summed E-state index contributed by atoms with van der Waals surface area (Å²) in [6.45, 7) is 6.13. The summed E-state index contributed by atoms with van der Waals surface area (Å²) in [4.78, 5) is 79.6. The minimum Gasteiger partial charge on any atom is -0.465 e. The molecule has 16 rings (SSSR count). The van der Waals surface area contributed by atoms with E-state index in [2.05, 4.69) is 141 Å². The molecule has 5 heterocycles. The van der Waals surface area contributed by atoms with Gasteiger partial charge in [-0.05, 0) is 141 Å². The molecule has 0 unspecified atom stereocenters. The lowest BCUT2D eigenvalue weighted by Crippen LogP contribution is -2.39. The number of H-pyrrole nitrogens is 4. The third-order valence-corrected chi connectivity index (χ3v) is 20.2. The number of esters is 1. The monoisotopic (exact) mass is 1370 g/mol. The average Bonchev–Trinajstić information content (AvgIpc) is 1.62. The highest BCUT2D eigenvalue weighted by molar-refractivity contribution is 5.91. The highest BCUT2D eigenvalue weighted by Crippen LogP contribution is 2.45. The van der Waals surface area contributed by atoms with Crippen molar-refractivity contribution in [2.45, 2.75) is 89.6 Å². The summed E-state index contributed by atoms with van der Waals surface area (Å²) < 4.78 is 6.06. The Kier molecular flexibility index (Phi) is 22.0. The average molecular weight is 1370 g/mol. The molecule has 2 amide bonds. The van der Waals surface area contributed by atoms with Gasteiger partial charge in [0.1, 0.15) is 24.0 Å². The van der Waals surface area contributed by atoms with Gasteiger partial charge in [-0.3, -0.25) is 19.2 Å². The number of Topliss-reactive ketones (excluding diaryl/α,β-unsaturated/α-hetero) is 1. The number of piperidine rings is 1. The van der Waals surface area contributed by atoms with Gasteiger partial charge in [0.15, 0.2) is 0 Å². The number of carbonyl (C=O) groups is 4. The topological polar surface area (TPSA) is 203 Å². The van der Waals surface area contributed by atoms with Gasteiger partial charge in [0.25, 0.3) is 0 Å².